The molecule has 0 fully saturated rings. The van der Waals surface area contributed by atoms with Crippen molar-refractivity contribution >= 4 is 16.9 Å². The maximum Gasteiger partial charge on any atom is 0.341 e. The zero-order chi connectivity index (χ0) is 14.7. The summed E-state index contributed by atoms with van der Waals surface area (Å²) in [5, 5.41) is 9.64. The lowest BCUT2D eigenvalue weighted by atomic mass is 10.2. The third-order valence-electron chi connectivity index (χ3n) is 3.32. The zero-order valence-corrected chi connectivity index (χ0v) is 11.4. The van der Waals surface area contributed by atoms with Crippen LogP contribution in [0.1, 0.15) is 5.56 Å². The summed E-state index contributed by atoms with van der Waals surface area (Å²) in [5.74, 6) is -0.377. The number of ether oxygens (including phenoxy) is 1. The second kappa shape index (κ2) is 5.71. The Morgan fingerprint density at radius 3 is 2.62 bits per heavy atom. The van der Waals surface area contributed by atoms with Gasteiger partial charge in [0.1, 0.15) is 5.75 Å². The highest BCUT2D eigenvalue weighted by atomic mass is 16.5. The summed E-state index contributed by atoms with van der Waals surface area (Å²) in [6.45, 7) is 0.440. The number of benzene rings is 2. The Morgan fingerprint density at radius 2 is 1.86 bits per heavy atom. The minimum atomic E-state index is -0.976. The number of aliphatic carboxylic acids is 1. The first kappa shape index (κ1) is 13.2. The predicted octanol–water partition coefficient (Wildman–Crippen LogP) is 3.15. The van der Waals surface area contributed by atoms with Crippen molar-refractivity contribution in [2.75, 3.05) is 6.61 Å². The lowest BCUT2D eigenvalue weighted by molar-refractivity contribution is -0.139. The van der Waals surface area contributed by atoms with Crippen LogP contribution >= 0.6 is 0 Å². The fourth-order valence-electron chi connectivity index (χ4n) is 2.38. The molecule has 106 valence electrons. The van der Waals surface area contributed by atoms with Gasteiger partial charge in [-0.15, -0.1) is 0 Å². The number of hydrogen-bond acceptors (Lipinski definition) is 2. The van der Waals surface area contributed by atoms with E-state index in [-0.39, 0.29) is 6.61 Å². The first-order valence-electron chi connectivity index (χ1n) is 6.70. The summed E-state index contributed by atoms with van der Waals surface area (Å²) in [5.41, 5.74) is 2.24. The Balaban J connectivity index is 1.91. The van der Waals surface area contributed by atoms with Crippen molar-refractivity contribution in [3.63, 3.8) is 0 Å². The molecule has 0 aliphatic rings. The molecule has 0 saturated heterocycles. The van der Waals surface area contributed by atoms with Crippen LogP contribution in [0.15, 0.2) is 60.8 Å². The normalized spacial score (nSPS) is 10.7. The van der Waals surface area contributed by atoms with Crippen molar-refractivity contribution in [3.8, 4) is 5.75 Å². The van der Waals surface area contributed by atoms with E-state index in [1.54, 1.807) is 6.07 Å². The molecule has 3 rings (SSSR count). The van der Waals surface area contributed by atoms with Crippen LogP contribution in [0, 0.1) is 0 Å². The molecule has 1 aromatic heterocycles. The minimum absolute atomic E-state index is 0.330. The second-order valence-electron chi connectivity index (χ2n) is 4.80. The third-order valence-corrected chi connectivity index (χ3v) is 3.32. The van der Waals surface area contributed by atoms with Crippen LogP contribution < -0.4 is 4.74 Å². The number of carboxylic acids is 1. The monoisotopic (exact) mass is 281 g/mol. The maximum absolute atomic E-state index is 10.6. The largest absolute Gasteiger partial charge is 0.481 e. The van der Waals surface area contributed by atoms with Crippen molar-refractivity contribution < 1.29 is 14.6 Å². The van der Waals surface area contributed by atoms with E-state index in [4.69, 9.17) is 9.84 Å². The Labute approximate surface area is 122 Å². The Kier molecular flexibility index (Phi) is 3.60. The summed E-state index contributed by atoms with van der Waals surface area (Å²) in [7, 11) is 0. The number of rotatable bonds is 5. The van der Waals surface area contributed by atoms with Gasteiger partial charge in [-0.1, -0.05) is 36.4 Å². The number of hydrogen-bond donors (Lipinski definition) is 1. The molecule has 0 unspecified atom stereocenters. The number of fused-ring (bicyclic) bond motifs is 1. The van der Waals surface area contributed by atoms with Gasteiger partial charge in [0, 0.05) is 18.1 Å². The summed E-state index contributed by atoms with van der Waals surface area (Å²) < 4.78 is 7.45. The molecule has 1 heterocycles. The van der Waals surface area contributed by atoms with Crippen LogP contribution in [0.2, 0.25) is 0 Å². The van der Waals surface area contributed by atoms with Gasteiger partial charge in [0.2, 0.25) is 0 Å². The fraction of sp³-hybridized carbons (Fsp3) is 0.118. The molecule has 4 nitrogen and oxygen atoms in total. The van der Waals surface area contributed by atoms with Gasteiger partial charge >= 0.3 is 5.97 Å². The lowest BCUT2D eigenvalue weighted by Gasteiger charge is -2.08. The van der Waals surface area contributed by atoms with Crippen molar-refractivity contribution in [2.45, 2.75) is 6.54 Å². The van der Waals surface area contributed by atoms with Crippen molar-refractivity contribution in [1.82, 2.24) is 4.57 Å². The topological polar surface area (TPSA) is 51.5 Å². The minimum Gasteiger partial charge on any atom is -0.481 e. The van der Waals surface area contributed by atoms with Gasteiger partial charge < -0.3 is 14.4 Å². The number of aromatic nitrogens is 1. The van der Waals surface area contributed by atoms with Crippen molar-refractivity contribution in [3.05, 3.63) is 66.4 Å². The SMILES string of the molecule is O=C(O)COc1cccc2c1ccn2Cc1ccccc1. The first-order chi connectivity index (χ1) is 10.2. The molecule has 1 N–H and O–H groups in total. The average Bonchev–Trinajstić information content (AvgIpc) is 2.90. The van der Waals surface area contributed by atoms with E-state index in [1.807, 2.05) is 42.6 Å². The smallest absolute Gasteiger partial charge is 0.341 e. The van der Waals surface area contributed by atoms with Gasteiger partial charge in [0.15, 0.2) is 6.61 Å². The summed E-state index contributed by atoms with van der Waals surface area (Å²) in [6.07, 6.45) is 1.99. The van der Waals surface area contributed by atoms with Crippen molar-refractivity contribution in [2.24, 2.45) is 0 Å². The van der Waals surface area contributed by atoms with E-state index in [1.165, 1.54) is 5.56 Å². The van der Waals surface area contributed by atoms with Crippen LogP contribution in [0.3, 0.4) is 0 Å². The van der Waals surface area contributed by atoms with E-state index in [0.29, 0.717) is 5.75 Å². The molecule has 0 saturated carbocycles. The number of carbonyl (C=O) groups is 1. The zero-order valence-electron chi connectivity index (χ0n) is 11.4. The van der Waals surface area contributed by atoms with Gasteiger partial charge in [0.25, 0.3) is 0 Å². The fourth-order valence-corrected chi connectivity index (χ4v) is 2.38. The maximum atomic E-state index is 10.6. The van der Waals surface area contributed by atoms with Crippen LogP contribution in [-0.2, 0) is 11.3 Å². The summed E-state index contributed by atoms with van der Waals surface area (Å²) in [6, 6.07) is 17.8. The van der Waals surface area contributed by atoms with E-state index in [9.17, 15) is 4.79 Å². The Bertz CT molecular complexity index is 762. The third kappa shape index (κ3) is 2.89. The molecule has 4 heteroatoms. The molecule has 2 aromatic carbocycles. The highest BCUT2D eigenvalue weighted by Crippen LogP contribution is 2.27. The second-order valence-corrected chi connectivity index (χ2v) is 4.80. The van der Waals surface area contributed by atoms with Gasteiger partial charge in [0.05, 0.1) is 5.52 Å². The Hall–Kier alpha value is -2.75. The van der Waals surface area contributed by atoms with Crippen LogP contribution in [0.5, 0.6) is 5.75 Å². The van der Waals surface area contributed by atoms with E-state index in [0.717, 1.165) is 17.4 Å². The highest BCUT2D eigenvalue weighted by molar-refractivity contribution is 5.86. The molecular weight excluding hydrogens is 266 g/mol. The molecular formula is C17H15NO3. The van der Waals surface area contributed by atoms with Crippen molar-refractivity contribution in [1.29, 1.82) is 0 Å². The lowest BCUT2D eigenvalue weighted by Crippen LogP contribution is -2.09. The van der Waals surface area contributed by atoms with Gasteiger partial charge in [-0.3, -0.25) is 0 Å². The van der Waals surface area contributed by atoms with Gasteiger partial charge in [-0.05, 0) is 23.8 Å². The van der Waals surface area contributed by atoms with Crippen LogP contribution in [-0.4, -0.2) is 22.2 Å². The van der Waals surface area contributed by atoms with Crippen LogP contribution in [0.25, 0.3) is 10.9 Å². The molecule has 0 amide bonds. The molecule has 0 spiro atoms. The molecule has 0 aliphatic heterocycles. The number of nitrogens with zero attached hydrogens (tertiary/aromatic N) is 1. The summed E-state index contributed by atoms with van der Waals surface area (Å²) >= 11 is 0. The Morgan fingerprint density at radius 1 is 1.05 bits per heavy atom. The standard InChI is InChI=1S/C17H15NO3/c19-17(20)12-21-16-8-4-7-15-14(16)9-10-18(15)11-13-5-2-1-3-6-13/h1-10H,11-12H2,(H,19,20). The molecule has 3 aromatic rings. The van der Waals surface area contributed by atoms with Gasteiger partial charge in [-0.25, -0.2) is 4.79 Å². The highest BCUT2D eigenvalue weighted by Gasteiger charge is 2.08. The predicted molar refractivity (Wildman–Crippen MR) is 80.6 cm³/mol. The first-order valence-corrected chi connectivity index (χ1v) is 6.70. The average molecular weight is 281 g/mol. The quantitative estimate of drug-likeness (QED) is 0.781. The van der Waals surface area contributed by atoms with E-state index in [2.05, 4.69) is 16.7 Å². The van der Waals surface area contributed by atoms with Crippen LogP contribution in [0.4, 0.5) is 0 Å². The molecule has 0 atom stereocenters. The van der Waals surface area contributed by atoms with E-state index < -0.39 is 5.97 Å². The molecule has 0 bridgehead atoms. The number of carboxylic acid groups (broad SMARTS) is 1. The molecule has 21 heavy (non-hydrogen) atoms. The molecule has 0 aliphatic carbocycles. The summed E-state index contributed by atoms with van der Waals surface area (Å²) in [4.78, 5) is 10.6. The van der Waals surface area contributed by atoms with Gasteiger partial charge in [-0.2, -0.15) is 0 Å². The van der Waals surface area contributed by atoms with E-state index >= 15 is 0 Å². The molecule has 0 radical (unpaired) electrons.